The molecule has 4 nitrogen and oxygen atoms in total. The number of thiazole rings is 1. The lowest BCUT2D eigenvalue weighted by atomic mass is 10.1. The summed E-state index contributed by atoms with van der Waals surface area (Å²) in [7, 11) is 0. The molecule has 0 saturated carbocycles. The molecule has 2 heterocycles. The van der Waals surface area contributed by atoms with Crippen LogP contribution in [0.3, 0.4) is 0 Å². The van der Waals surface area contributed by atoms with Crippen LogP contribution in [0, 0.1) is 0 Å². The highest BCUT2D eigenvalue weighted by Gasteiger charge is 2.09. The molecule has 1 N–H and O–H groups in total. The van der Waals surface area contributed by atoms with Gasteiger partial charge in [0.2, 0.25) is 0 Å². The van der Waals surface area contributed by atoms with Gasteiger partial charge in [0.25, 0.3) is 5.91 Å². The van der Waals surface area contributed by atoms with Crippen LogP contribution in [0.15, 0.2) is 65.4 Å². The molecule has 0 aliphatic heterocycles. The van der Waals surface area contributed by atoms with Gasteiger partial charge in [-0.3, -0.25) is 10.1 Å². The first-order valence-corrected chi connectivity index (χ1v) is 9.45. The molecular weight excluding hydrogens is 352 g/mol. The maximum absolute atomic E-state index is 12.1. The molecule has 0 bridgehead atoms. The number of thiophene rings is 1. The summed E-state index contributed by atoms with van der Waals surface area (Å²) < 4.78 is 5.59. The summed E-state index contributed by atoms with van der Waals surface area (Å²) >= 11 is 3.03. The summed E-state index contributed by atoms with van der Waals surface area (Å²) in [5, 5.41) is 9.53. The summed E-state index contributed by atoms with van der Waals surface area (Å²) in [6.07, 6.45) is 0. The number of carbonyl (C=O) groups is 1. The van der Waals surface area contributed by atoms with Crippen molar-refractivity contribution < 1.29 is 9.53 Å². The van der Waals surface area contributed by atoms with E-state index >= 15 is 0 Å². The van der Waals surface area contributed by atoms with Crippen molar-refractivity contribution in [3.8, 4) is 16.3 Å². The minimum atomic E-state index is -0.222. The van der Waals surface area contributed by atoms with Crippen LogP contribution in [-0.2, 0) is 4.79 Å². The number of benzene rings is 2. The van der Waals surface area contributed by atoms with Gasteiger partial charge in [0.15, 0.2) is 11.7 Å². The molecule has 1 amide bonds. The highest BCUT2D eigenvalue weighted by atomic mass is 32.1. The van der Waals surface area contributed by atoms with Crippen molar-refractivity contribution in [1.29, 1.82) is 0 Å². The van der Waals surface area contributed by atoms with Crippen molar-refractivity contribution in [3.05, 3.63) is 65.4 Å². The second-order valence-corrected chi connectivity index (χ2v) is 7.17. The molecule has 2 aromatic carbocycles. The minimum absolute atomic E-state index is 0.0493. The second kappa shape index (κ2) is 7.04. The normalized spacial score (nSPS) is 10.7. The topological polar surface area (TPSA) is 51.2 Å². The summed E-state index contributed by atoms with van der Waals surface area (Å²) in [4.78, 5) is 17.6. The van der Waals surface area contributed by atoms with Crippen LogP contribution in [0.2, 0.25) is 0 Å². The molecule has 2 aromatic heterocycles. The molecule has 6 heteroatoms. The molecule has 0 aliphatic rings. The molecule has 0 radical (unpaired) electrons. The van der Waals surface area contributed by atoms with E-state index in [1.807, 2.05) is 65.4 Å². The fraction of sp³-hybridized carbons (Fsp3) is 0.0526. The Morgan fingerprint density at radius 3 is 2.76 bits per heavy atom. The van der Waals surface area contributed by atoms with E-state index in [2.05, 4.69) is 10.3 Å². The van der Waals surface area contributed by atoms with Crippen molar-refractivity contribution in [1.82, 2.24) is 4.98 Å². The summed E-state index contributed by atoms with van der Waals surface area (Å²) in [6.45, 7) is -0.0493. The molecule has 0 saturated heterocycles. The van der Waals surface area contributed by atoms with E-state index in [-0.39, 0.29) is 12.5 Å². The number of nitrogens with zero attached hydrogens (tertiary/aromatic N) is 1. The molecule has 4 aromatic rings. The smallest absolute Gasteiger partial charge is 0.264 e. The maximum atomic E-state index is 12.1. The molecule has 0 atom stereocenters. The van der Waals surface area contributed by atoms with E-state index < -0.39 is 0 Å². The Hall–Kier alpha value is -2.70. The van der Waals surface area contributed by atoms with Gasteiger partial charge in [0, 0.05) is 5.38 Å². The third-order valence-electron chi connectivity index (χ3n) is 3.62. The lowest BCUT2D eigenvalue weighted by Crippen LogP contribution is -2.20. The Morgan fingerprint density at radius 2 is 1.92 bits per heavy atom. The average molecular weight is 366 g/mol. The Bertz CT molecular complexity index is 1010. The number of fused-ring (bicyclic) bond motifs is 1. The first-order valence-electron chi connectivity index (χ1n) is 7.69. The lowest BCUT2D eigenvalue weighted by Gasteiger charge is -2.07. The van der Waals surface area contributed by atoms with Crippen molar-refractivity contribution in [2.45, 2.75) is 0 Å². The van der Waals surface area contributed by atoms with Crippen LogP contribution in [0.4, 0.5) is 5.13 Å². The van der Waals surface area contributed by atoms with Gasteiger partial charge in [-0.05, 0) is 34.4 Å². The van der Waals surface area contributed by atoms with Gasteiger partial charge in [-0.25, -0.2) is 4.98 Å². The van der Waals surface area contributed by atoms with E-state index in [0.717, 1.165) is 21.3 Å². The van der Waals surface area contributed by atoms with Gasteiger partial charge < -0.3 is 4.74 Å². The largest absolute Gasteiger partial charge is 0.484 e. The van der Waals surface area contributed by atoms with Gasteiger partial charge in [-0.1, -0.05) is 36.4 Å². The number of ether oxygens (including phenoxy) is 1. The zero-order valence-corrected chi connectivity index (χ0v) is 14.8. The summed E-state index contributed by atoms with van der Waals surface area (Å²) in [5.41, 5.74) is 0.880. The third kappa shape index (κ3) is 3.70. The summed E-state index contributed by atoms with van der Waals surface area (Å²) in [6, 6.07) is 17.8. The molecule has 124 valence electrons. The first kappa shape index (κ1) is 15.8. The maximum Gasteiger partial charge on any atom is 0.264 e. The number of rotatable bonds is 5. The molecule has 4 rings (SSSR count). The quantitative estimate of drug-likeness (QED) is 0.538. The number of anilines is 1. The molecule has 0 aliphatic carbocycles. The number of carbonyl (C=O) groups excluding carboxylic acids is 1. The van der Waals surface area contributed by atoms with Crippen molar-refractivity contribution in [2.24, 2.45) is 0 Å². The highest BCUT2D eigenvalue weighted by Crippen LogP contribution is 2.28. The minimum Gasteiger partial charge on any atom is -0.484 e. The fourth-order valence-electron chi connectivity index (χ4n) is 2.43. The van der Waals surface area contributed by atoms with Crippen LogP contribution >= 0.6 is 22.7 Å². The predicted molar refractivity (Wildman–Crippen MR) is 103 cm³/mol. The average Bonchev–Trinajstić information content (AvgIpc) is 3.31. The van der Waals surface area contributed by atoms with Crippen LogP contribution in [0.25, 0.3) is 21.3 Å². The van der Waals surface area contributed by atoms with Gasteiger partial charge in [-0.2, -0.15) is 0 Å². The number of hydrogen-bond acceptors (Lipinski definition) is 5. The van der Waals surface area contributed by atoms with Crippen molar-refractivity contribution >= 4 is 44.5 Å². The van der Waals surface area contributed by atoms with E-state index in [0.29, 0.717) is 10.9 Å². The second-order valence-electron chi connectivity index (χ2n) is 5.36. The number of amides is 1. The van der Waals surface area contributed by atoms with Gasteiger partial charge >= 0.3 is 0 Å². The van der Waals surface area contributed by atoms with Crippen molar-refractivity contribution in [2.75, 3.05) is 11.9 Å². The standard InChI is InChI=1S/C19H14N2O2S2/c22-18(21-19-20-16(12-25-19)17-6-3-9-24-17)11-23-15-8-7-13-4-1-2-5-14(13)10-15/h1-10,12H,11H2,(H,20,21,22). The zero-order valence-electron chi connectivity index (χ0n) is 13.1. The van der Waals surface area contributed by atoms with E-state index in [1.54, 1.807) is 11.3 Å². The van der Waals surface area contributed by atoms with Crippen LogP contribution < -0.4 is 10.1 Å². The van der Waals surface area contributed by atoms with E-state index in [1.165, 1.54) is 11.3 Å². The SMILES string of the molecule is O=C(COc1ccc2ccccc2c1)Nc1nc(-c2cccs2)cs1. The third-order valence-corrected chi connectivity index (χ3v) is 5.27. The lowest BCUT2D eigenvalue weighted by molar-refractivity contribution is -0.118. The zero-order chi connectivity index (χ0) is 17.1. The van der Waals surface area contributed by atoms with E-state index in [4.69, 9.17) is 4.74 Å². The monoisotopic (exact) mass is 366 g/mol. The van der Waals surface area contributed by atoms with E-state index in [9.17, 15) is 4.79 Å². The Balaban J connectivity index is 1.37. The predicted octanol–water partition coefficient (Wildman–Crippen LogP) is 5.04. The van der Waals surface area contributed by atoms with Crippen LogP contribution in [0.1, 0.15) is 0 Å². The Labute approximate surface area is 152 Å². The number of hydrogen-bond donors (Lipinski definition) is 1. The first-order chi connectivity index (χ1) is 12.3. The molecule has 25 heavy (non-hydrogen) atoms. The molecule has 0 unspecified atom stereocenters. The highest BCUT2D eigenvalue weighted by molar-refractivity contribution is 7.16. The van der Waals surface area contributed by atoms with Gasteiger partial charge in [0.1, 0.15) is 5.75 Å². The van der Waals surface area contributed by atoms with Gasteiger partial charge in [-0.15, -0.1) is 22.7 Å². The summed E-state index contributed by atoms with van der Waals surface area (Å²) in [5.74, 6) is 0.451. The molecule has 0 spiro atoms. The number of aromatic nitrogens is 1. The molecular formula is C19H14N2O2S2. The molecule has 0 fully saturated rings. The van der Waals surface area contributed by atoms with Gasteiger partial charge in [0.05, 0.1) is 10.6 Å². The van der Waals surface area contributed by atoms with Crippen LogP contribution in [0.5, 0.6) is 5.75 Å². The fourth-order valence-corrected chi connectivity index (χ4v) is 3.92. The van der Waals surface area contributed by atoms with Crippen molar-refractivity contribution in [3.63, 3.8) is 0 Å². The Morgan fingerprint density at radius 1 is 1.04 bits per heavy atom. The van der Waals surface area contributed by atoms with Crippen LogP contribution in [-0.4, -0.2) is 17.5 Å². The Kier molecular flexibility index (Phi) is 4.45. The number of nitrogens with one attached hydrogen (secondary N) is 1.